The summed E-state index contributed by atoms with van der Waals surface area (Å²) in [6, 6.07) is 8.83. The van der Waals surface area contributed by atoms with E-state index < -0.39 is 8.07 Å². The van der Waals surface area contributed by atoms with Gasteiger partial charge in [-0.1, -0.05) is 31.3 Å². The fraction of sp³-hybridized carbons (Fsp3) is 0.500. The van der Waals surface area contributed by atoms with Crippen LogP contribution in [0.25, 0.3) is 0 Å². The molecule has 0 amide bonds. The van der Waals surface area contributed by atoms with Crippen LogP contribution in [0.2, 0.25) is 19.6 Å². The third-order valence-corrected chi connectivity index (χ3v) is 4.93. The van der Waals surface area contributed by atoms with Crippen LogP contribution in [0.3, 0.4) is 0 Å². The van der Waals surface area contributed by atoms with E-state index in [4.69, 9.17) is 0 Å². The van der Waals surface area contributed by atoms with Crippen LogP contribution >= 0.6 is 0 Å². The zero-order chi connectivity index (χ0) is 11.8. The van der Waals surface area contributed by atoms with Crippen LogP contribution < -0.4 is 0 Å². The first-order valence-electron chi connectivity index (χ1n) is 6.13. The van der Waals surface area contributed by atoms with Crippen molar-refractivity contribution in [1.29, 1.82) is 0 Å². The van der Waals surface area contributed by atoms with Crippen molar-refractivity contribution in [3.63, 3.8) is 0 Å². The molecular formula is C14H23NSi. The highest BCUT2D eigenvalue weighted by molar-refractivity contribution is 6.75. The van der Waals surface area contributed by atoms with Crippen molar-refractivity contribution in [2.45, 2.75) is 26.2 Å². The lowest BCUT2D eigenvalue weighted by Gasteiger charge is -2.45. The maximum Gasteiger partial charge on any atom is 0.110 e. The highest BCUT2D eigenvalue weighted by atomic mass is 28.3. The molecule has 0 fully saturated rings. The fourth-order valence-electron chi connectivity index (χ4n) is 2.94. The molecule has 0 aromatic heterocycles. The molecule has 16 heavy (non-hydrogen) atoms. The topological polar surface area (TPSA) is 0 Å². The molecule has 1 atom stereocenters. The summed E-state index contributed by atoms with van der Waals surface area (Å²) in [5.41, 5.74) is 2.98. The van der Waals surface area contributed by atoms with Gasteiger partial charge in [-0.25, -0.2) is 0 Å². The molecule has 1 aliphatic rings. The van der Waals surface area contributed by atoms with E-state index in [2.05, 4.69) is 57.4 Å². The van der Waals surface area contributed by atoms with Crippen LogP contribution in [-0.4, -0.2) is 32.3 Å². The molecule has 1 aliphatic heterocycles. The lowest BCUT2D eigenvalue weighted by Crippen LogP contribution is -2.54. The second-order valence-corrected chi connectivity index (χ2v) is 12.0. The van der Waals surface area contributed by atoms with E-state index in [-0.39, 0.29) is 0 Å². The average molecular weight is 233 g/mol. The molecule has 88 valence electrons. The van der Waals surface area contributed by atoms with Gasteiger partial charge in [0.15, 0.2) is 0 Å². The Balaban J connectivity index is 2.18. The molecule has 0 spiro atoms. The van der Waals surface area contributed by atoms with Gasteiger partial charge in [-0.05, 0) is 0 Å². The first-order chi connectivity index (χ1) is 7.38. The van der Waals surface area contributed by atoms with Gasteiger partial charge in [-0.3, -0.25) is 0 Å². The summed E-state index contributed by atoms with van der Waals surface area (Å²) in [7, 11) is 1.42. The smallest absolute Gasteiger partial charge is 0.110 e. The zero-order valence-corrected chi connectivity index (χ0v) is 12.0. The van der Waals surface area contributed by atoms with Crippen molar-refractivity contribution in [1.82, 2.24) is 0 Å². The largest absolute Gasteiger partial charge is 0.342 e. The van der Waals surface area contributed by atoms with Crippen molar-refractivity contribution >= 4 is 8.07 Å². The Kier molecular flexibility index (Phi) is 2.89. The average Bonchev–Trinajstić information content (AvgIpc) is 2.14. The van der Waals surface area contributed by atoms with Crippen molar-refractivity contribution in [2.75, 3.05) is 19.8 Å². The normalized spacial score (nSPS) is 24.8. The van der Waals surface area contributed by atoms with Crippen LogP contribution in [0.5, 0.6) is 0 Å². The number of hydrogen-bond acceptors (Lipinski definition) is 0. The van der Waals surface area contributed by atoms with E-state index in [1.165, 1.54) is 34.9 Å². The van der Waals surface area contributed by atoms with Crippen LogP contribution in [0, 0.1) is 6.42 Å². The highest BCUT2D eigenvalue weighted by Gasteiger charge is 2.30. The molecule has 2 rings (SSSR count). The summed E-state index contributed by atoms with van der Waals surface area (Å²) in [5, 5.41) is 0. The predicted molar refractivity (Wildman–Crippen MR) is 72.8 cm³/mol. The summed E-state index contributed by atoms with van der Waals surface area (Å²) < 4.78 is 1.20. The Morgan fingerprint density at radius 2 is 1.94 bits per heavy atom. The van der Waals surface area contributed by atoms with E-state index in [0.717, 1.165) is 0 Å². The minimum atomic E-state index is -0.986. The molecular weight excluding hydrogens is 210 g/mol. The summed E-state index contributed by atoms with van der Waals surface area (Å²) in [6.07, 6.45) is 3.79. The SMILES string of the molecule is C[N+]1(C[Si](C)(C)C)C[CH-]c2ccccc2C1. The van der Waals surface area contributed by atoms with Crippen molar-refractivity contribution < 1.29 is 4.48 Å². The quantitative estimate of drug-likeness (QED) is 0.418. The monoisotopic (exact) mass is 233 g/mol. The fourth-order valence-corrected chi connectivity index (χ4v) is 5.47. The van der Waals surface area contributed by atoms with Gasteiger partial charge >= 0.3 is 0 Å². The molecule has 0 radical (unpaired) electrons. The lowest BCUT2D eigenvalue weighted by molar-refractivity contribution is -0.911. The predicted octanol–water partition coefficient (Wildman–Crippen LogP) is 3.08. The molecule has 1 unspecified atom stereocenters. The number of quaternary nitrogens is 1. The number of fused-ring (bicyclic) bond motifs is 1. The maximum atomic E-state index is 2.47. The van der Waals surface area contributed by atoms with E-state index in [9.17, 15) is 0 Å². The maximum absolute atomic E-state index is 2.47. The molecule has 0 aliphatic carbocycles. The molecule has 0 bridgehead atoms. The second kappa shape index (κ2) is 3.93. The number of benzene rings is 1. The van der Waals surface area contributed by atoms with Crippen LogP contribution in [0.1, 0.15) is 11.1 Å². The Labute approximate surface area is 101 Å². The Hall–Kier alpha value is -0.733. The van der Waals surface area contributed by atoms with Crippen LogP contribution in [0.15, 0.2) is 24.3 Å². The van der Waals surface area contributed by atoms with Gasteiger partial charge in [0, 0.05) is 0 Å². The van der Waals surface area contributed by atoms with Crippen molar-refractivity contribution in [2.24, 2.45) is 0 Å². The molecule has 1 aromatic rings. The van der Waals surface area contributed by atoms with Crippen molar-refractivity contribution in [3.8, 4) is 0 Å². The Bertz CT molecular complexity index is 381. The zero-order valence-electron chi connectivity index (χ0n) is 11.0. The molecule has 1 aromatic carbocycles. The van der Waals surface area contributed by atoms with E-state index in [1.54, 1.807) is 0 Å². The minimum Gasteiger partial charge on any atom is -0.342 e. The van der Waals surface area contributed by atoms with Gasteiger partial charge in [-0.15, -0.1) is 18.6 Å². The van der Waals surface area contributed by atoms with E-state index in [0.29, 0.717) is 0 Å². The lowest BCUT2D eigenvalue weighted by atomic mass is 9.99. The third kappa shape index (κ3) is 2.69. The van der Waals surface area contributed by atoms with Crippen molar-refractivity contribution in [3.05, 3.63) is 41.8 Å². The van der Waals surface area contributed by atoms with Gasteiger partial charge < -0.3 is 4.48 Å². The number of hydrogen-bond donors (Lipinski definition) is 0. The second-order valence-electron chi connectivity index (χ2n) is 6.58. The molecule has 0 saturated heterocycles. The van der Waals surface area contributed by atoms with Crippen LogP contribution in [-0.2, 0) is 6.54 Å². The van der Waals surface area contributed by atoms with Gasteiger partial charge in [-0.2, -0.15) is 11.6 Å². The van der Waals surface area contributed by atoms with Gasteiger partial charge in [0.1, 0.15) is 8.07 Å². The summed E-state index contributed by atoms with van der Waals surface area (Å²) in [6.45, 7) is 9.81. The number of nitrogens with zero attached hydrogens (tertiary/aromatic N) is 1. The number of rotatable bonds is 2. The first kappa shape index (κ1) is 11.7. The molecule has 1 nitrogen and oxygen atoms in total. The Morgan fingerprint density at radius 1 is 1.25 bits per heavy atom. The molecule has 1 heterocycles. The summed E-state index contributed by atoms with van der Waals surface area (Å²) in [4.78, 5) is 0. The minimum absolute atomic E-state index is 0.986. The third-order valence-electron chi connectivity index (χ3n) is 3.22. The highest BCUT2D eigenvalue weighted by Crippen LogP contribution is 2.26. The molecule has 0 saturated carbocycles. The van der Waals surface area contributed by atoms with Gasteiger partial charge in [0.05, 0.1) is 26.3 Å². The van der Waals surface area contributed by atoms with E-state index >= 15 is 0 Å². The van der Waals surface area contributed by atoms with E-state index in [1.807, 2.05) is 0 Å². The van der Waals surface area contributed by atoms with Crippen LogP contribution in [0.4, 0.5) is 0 Å². The number of likely N-dealkylation sites (N-methyl/N-ethyl adjacent to an activating group) is 1. The summed E-state index contributed by atoms with van der Waals surface area (Å²) >= 11 is 0. The Morgan fingerprint density at radius 3 is 2.62 bits per heavy atom. The summed E-state index contributed by atoms with van der Waals surface area (Å²) in [5.74, 6) is 0. The first-order valence-corrected chi connectivity index (χ1v) is 9.83. The molecule has 0 N–H and O–H groups in total. The molecule has 2 heteroatoms. The standard InChI is InChI=1S/C14H23NSi/c1-15(12-16(2,3)4)10-9-13-7-5-6-8-14(13)11-15/h5-9H,10-12H2,1-4H3. The van der Waals surface area contributed by atoms with Gasteiger partial charge in [0.2, 0.25) is 0 Å². The van der Waals surface area contributed by atoms with Gasteiger partial charge in [0.25, 0.3) is 0 Å².